The molecular weight excluding hydrogens is 550 g/mol. The van der Waals surface area contributed by atoms with E-state index in [9.17, 15) is 0 Å². The molecule has 0 aliphatic carbocycles. The SMILES string of the molecule is CC[N+](CC)(CC)CCN1CCN(CC[N+](CC)(CC)CC)CC1.[I-].[I-]. The Labute approximate surface area is 198 Å². The van der Waals surface area contributed by atoms with Gasteiger partial charge in [0.05, 0.1) is 52.4 Å². The lowest BCUT2D eigenvalue weighted by Gasteiger charge is -2.41. The lowest BCUT2D eigenvalue weighted by molar-refractivity contribution is -0.923. The highest BCUT2D eigenvalue weighted by Crippen LogP contribution is 2.10. The van der Waals surface area contributed by atoms with Crippen molar-refractivity contribution in [2.75, 3.05) is 91.6 Å². The molecule has 0 saturated carbocycles. The van der Waals surface area contributed by atoms with Crippen molar-refractivity contribution in [1.82, 2.24) is 9.80 Å². The van der Waals surface area contributed by atoms with E-state index >= 15 is 0 Å². The van der Waals surface area contributed by atoms with Crippen LogP contribution in [-0.2, 0) is 0 Å². The van der Waals surface area contributed by atoms with Crippen molar-refractivity contribution >= 4 is 0 Å². The Morgan fingerprint density at radius 2 is 0.731 bits per heavy atom. The number of halogens is 2. The van der Waals surface area contributed by atoms with Gasteiger partial charge in [-0.25, -0.2) is 0 Å². The molecule has 0 spiro atoms. The van der Waals surface area contributed by atoms with Gasteiger partial charge in [0.15, 0.2) is 0 Å². The summed E-state index contributed by atoms with van der Waals surface area (Å²) in [6.45, 7) is 32.0. The largest absolute Gasteiger partial charge is 1.00 e. The van der Waals surface area contributed by atoms with E-state index in [-0.39, 0.29) is 48.0 Å². The van der Waals surface area contributed by atoms with Gasteiger partial charge in [-0.15, -0.1) is 0 Å². The van der Waals surface area contributed by atoms with Gasteiger partial charge in [-0.2, -0.15) is 0 Å². The fourth-order valence-electron chi connectivity index (χ4n) is 4.23. The zero-order valence-corrected chi connectivity index (χ0v) is 22.8. The van der Waals surface area contributed by atoms with E-state index in [4.69, 9.17) is 0 Å². The molecule has 0 radical (unpaired) electrons. The highest BCUT2D eigenvalue weighted by atomic mass is 127. The second kappa shape index (κ2) is 15.2. The van der Waals surface area contributed by atoms with E-state index < -0.39 is 0 Å². The van der Waals surface area contributed by atoms with Crippen LogP contribution in [0.3, 0.4) is 0 Å². The van der Waals surface area contributed by atoms with Crippen molar-refractivity contribution in [2.45, 2.75) is 41.5 Å². The first-order valence-corrected chi connectivity index (χ1v) is 10.7. The summed E-state index contributed by atoms with van der Waals surface area (Å²) >= 11 is 0. The number of nitrogens with zero attached hydrogens (tertiary/aromatic N) is 4. The Hall–Kier alpha value is 1.30. The van der Waals surface area contributed by atoms with E-state index in [1.165, 1.54) is 101 Å². The van der Waals surface area contributed by atoms with Crippen LogP contribution in [0.25, 0.3) is 0 Å². The summed E-state index contributed by atoms with van der Waals surface area (Å²) in [6.07, 6.45) is 0. The van der Waals surface area contributed by atoms with Crippen LogP contribution in [-0.4, -0.2) is 110 Å². The van der Waals surface area contributed by atoms with Gasteiger partial charge in [-0.05, 0) is 41.5 Å². The van der Waals surface area contributed by atoms with Crippen LogP contribution >= 0.6 is 0 Å². The van der Waals surface area contributed by atoms with Gasteiger partial charge < -0.3 is 56.9 Å². The molecule has 0 N–H and O–H groups in total. The molecule has 0 bridgehead atoms. The molecule has 0 aromatic heterocycles. The number of quaternary nitrogens is 2. The standard InChI is InChI=1S/C20H46N4.2HI/c1-7-23(8-2,9-3)19-17-21-13-15-22(16-14-21)18-20-24(10-4,11-5)12-6;;/h7-20H2,1-6H3;2*1H/q+2;;/p-2. The van der Waals surface area contributed by atoms with Crippen LogP contribution in [0.15, 0.2) is 0 Å². The maximum Gasteiger partial charge on any atom is 0.0915 e. The van der Waals surface area contributed by atoms with Crippen LogP contribution in [0.4, 0.5) is 0 Å². The number of likely N-dealkylation sites (N-methyl/N-ethyl adjacent to an activating group) is 2. The quantitative estimate of drug-likeness (QED) is 0.170. The van der Waals surface area contributed by atoms with Crippen molar-refractivity contribution < 1.29 is 56.9 Å². The van der Waals surface area contributed by atoms with Gasteiger partial charge in [0.2, 0.25) is 0 Å². The summed E-state index contributed by atoms with van der Waals surface area (Å²) in [7, 11) is 0. The van der Waals surface area contributed by atoms with Crippen LogP contribution in [0.5, 0.6) is 0 Å². The third-order valence-electron chi connectivity index (χ3n) is 7.27. The molecule has 0 aromatic carbocycles. The first kappa shape index (κ1) is 29.5. The van der Waals surface area contributed by atoms with Crippen molar-refractivity contribution in [2.24, 2.45) is 0 Å². The fraction of sp³-hybridized carbons (Fsp3) is 1.00. The van der Waals surface area contributed by atoms with Crippen LogP contribution in [0.1, 0.15) is 41.5 Å². The summed E-state index contributed by atoms with van der Waals surface area (Å²) in [4.78, 5) is 5.40. The summed E-state index contributed by atoms with van der Waals surface area (Å²) in [5, 5.41) is 0. The highest BCUT2D eigenvalue weighted by molar-refractivity contribution is 4.72. The predicted octanol–water partition coefficient (Wildman–Crippen LogP) is -3.63. The molecule has 26 heavy (non-hydrogen) atoms. The normalized spacial score (nSPS) is 16.8. The number of hydrogen-bond acceptors (Lipinski definition) is 2. The Kier molecular flexibility index (Phi) is 17.2. The van der Waals surface area contributed by atoms with E-state index in [1.807, 2.05) is 0 Å². The summed E-state index contributed by atoms with van der Waals surface area (Å²) in [6, 6.07) is 0. The van der Waals surface area contributed by atoms with Gasteiger partial charge in [0, 0.05) is 39.3 Å². The molecule has 0 atom stereocenters. The van der Waals surface area contributed by atoms with E-state index in [1.54, 1.807) is 0 Å². The average molecular weight is 596 g/mol. The van der Waals surface area contributed by atoms with E-state index in [2.05, 4.69) is 51.3 Å². The Balaban J connectivity index is 0. The number of piperazine rings is 1. The summed E-state index contributed by atoms with van der Waals surface area (Å²) in [5.41, 5.74) is 0. The molecular formula is C20H46I2N4. The smallest absolute Gasteiger partial charge is 0.0915 e. The summed E-state index contributed by atoms with van der Waals surface area (Å²) < 4.78 is 2.56. The molecule has 1 rings (SSSR count). The van der Waals surface area contributed by atoms with Crippen LogP contribution in [0, 0.1) is 0 Å². The average Bonchev–Trinajstić information content (AvgIpc) is 2.66. The first-order valence-electron chi connectivity index (χ1n) is 10.7. The molecule has 4 nitrogen and oxygen atoms in total. The third-order valence-corrected chi connectivity index (χ3v) is 7.27. The molecule has 0 unspecified atom stereocenters. The molecule has 160 valence electrons. The minimum absolute atomic E-state index is 0. The molecule has 1 aliphatic rings. The molecule has 6 heteroatoms. The molecule has 1 saturated heterocycles. The van der Waals surface area contributed by atoms with Crippen LogP contribution < -0.4 is 48.0 Å². The zero-order valence-electron chi connectivity index (χ0n) is 18.4. The van der Waals surface area contributed by atoms with Gasteiger partial charge >= 0.3 is 0 Å². The second-order valence-corrected chi connectivity index (χ2v) is 7.71. The summed E-state index contributed by atoms with van der Waals surface area (Å²) in [5.74, 6) is 0. The highest BCUT2D eigenvalue weighted by Gasteiger charge is 2.26. The second-order valence-electron chi connectivity index (χ2n) is 7.71. The predicted molar refractivity (Wildman–Crippen MR) is 106 cm³/mol. The van der Waals surface area contributed by atoms with Gasteiger partial charge in [-0.1, -0.05) is 0 Å². The zero-order chi connectivity index (χ0) is 18.1. The molecule has 1 heterocycles. The Morgan fingerprint density at radius 1 is 0.500 bits per heavy atom. The minimum atomic E-state index is 0. The van der Waals surface area contributed by atoms with Gasteiger partial charge in [-0.3, -0.25) is 9.80 Å². The molecule has 1 fully saturated rings. The van der Waals surface area contributed by atoms with Crippen molar-refractivity contribution in [3.63, 3.8) is 0 Å². The Morgan fingerprint density at radius 3 is 0.923 bits per heavy atom. The monoisotopic (exact) mass is 596 g/mol. The van der Waals surface area contributed by atoms with E-state index in [0.29, 0.717) is 0 Å². The van der Waals surface area contributed by atoms with Crippen molar-refractivity contribution in [3.05, 3.63) is 0 Å². The van der Waals surface area contributed by atoms with Crippen molar-refractivity contribution in [3.8, 4) is 0 Å². The Bertz CT molecular complexity index is 277. The maximum absolute atomic E-state index is 2.70. The molecule has 0 amide bonds. The number of rotatable bonds is 12. The lowest BCUT2D eigenvalue weighted by Crippen LogP contribution is -3.00. The topological polar surface area (TPSA) is 6.48 Å². The third kappa shape index (κ3) is 8.76. The first-order chi connectivity index (χ1) is 11.5. The van der Waals surface area contributed by atoms with Gasteiger partial charge in [0.1, 0.15) is 0 Å². The molecule has 0 aromatic rings. The maximum atomic E-state index is 2.70. The van der Waals surface area contributed by atoms with Crippen molar-refractivity contribution in [1.29, 1.82) is 0 Å². The van der Waals surface area contributed by atoms with E-state index in [0.717, 1.165) is 0 Å². The number of hydrogen-bond donors (Lipinski definition) is 0. The molecule has 1 aliphatic heterocycles. The fourth-order valence-corrected chi connectivity index (χ4v) is 4.23. The minimum Gasteiger partial charge on any atom is -1.00 e. The lowest BCUT2D eigenvalue weighted by atomic mass is 10.2. The van der Waals surface area contributed by atoms with Crippen LogP contribution in [0.2, 0.25) is 0 Å². The van der Waals surface area contributed by atoms with Gasteiger partial charge in [0.25, 0.3) is 0 Å².